The van der Waals surface area contributed by atoms with Gasteiger partial charge in [-0.25, -0.2) is 4.68 Å². The predicted octanol–water partition coefficient (Wildman–Crippen LogP) is 1.39. The first-order valence-electron chi connectivity index (χ1n) is 8.30. The van der Waals surface area contributed by atoms with Crippen molar-refractivity contribution in [3.05, 3.63) is 53.6 Å². The zero-order valence-electron chi connectivity index (χ0n) is 15.3. The number of hydrogen-bond acceptors (Lipinski definition) is 5. The van der Waals surface area contributed by atoms with Crippen LogP contribution in [0, 0.1) is 13.8 Å². The van der Waals surface area contributed by atoms with Gasteiger partial charge < -0.3 is 4.74 Å². The van der Waals surface area contributed by atoms with Gasteiger partial charge in [0, 0.05) is 56.9 Å². The molecular formula is C17H25N7O. The molecule has 3 heterocycles. The lowest BCUT2D eigenvalue weighted by Crippen LogP contribution is -2.26. The van der Waals surface area contributed by atoms with Crippen LogP contribution in [0.4, 0.5) is 0 Å². The van der Waals surface area contributed by atoms with Gasteiger partial charge in [-0.05, 0) is 25.5 Å². The van der Waals surface area contributed by atoms with Crippen LogP contribution in [0.5, 0.6) is 0 Å². The normalized spacial score (nSPS) is 11.6. The molecule has 0 unspecified atom stereocenters. The molecule has 0 aliphatic rings. The third-order valence-electron chi connectivity index (χ3n) is 4.31. The fourth-order valence-corrected chi connectivity index (χ4v) is 3.12. The minimum Gasteiger partial charge on any atom is -0.383 e. The molecule has 0 saturated carbocycles. The van der Waals surface area contributed by atoms with Gasteiger partial charge in [0.15, 0.2) is 0 Å². The summed E-state index contributed by atoms with van der Waals surface area (Å²) in [5.41, 5.74) is 4.82. The molecule has 0 fully saturated rings. The van der Waals surface area contributed by atoms with Gasteiger partial charge in [-0.15, -0.1) is 10.2 Å². The molecule has 0 aliphatic carbocycles. The van der Waals surface area contributed by atoms with Gasteiger partial charge in [0.1, 0.15) is 12.7 Å². The quantitative estimate of drug-likeness (QED) is 0.618. The zero-order chi connectivity index (χ0) is 17.8. The van der Waals surface area contributed by atoms with Gasteiger partial charge in [-0.1, -0.05) is 0 Å². The maximum absolute atomic E-state index is 5.28. The first-order chi connectivity index (χ1) is 12.1. The molecule has 0 amide bonds. The van der Waals surface area contributed by atoms with E-state index in [1.54, 1.807) is 19.8 Å². The van der Waals surface area contributed by atoms with E-state index in [-0.39, 0.29) is 0 Å². The van der Waals surface area contributed by atoms with E-state index < -0.39 is 0 Å². The monoisotopic (exact) mass is 343 g/mol. The third kappa shape index (κ3) is 3.97. The molecule has 0 bridgehead atoms. The first-order valence-corrected chi connectivity index (χ1v) is 8.30. The minimum absolute atomic E-state index is 0.699. The Morgan fingerprint density at radius 3 is 2.56 bits per heavy atom. The fraction of sp³-hybridized carbons (Fsp3) is 0.471. The van der Waals surface area contributed by atoms with E-state index in [9.17, 15) is 0 Å². The van der Waals surface area contributed by atoms with Crippen LogP contribution in [0.15, 0.2) is 31.1 Å². The van der Waals surface area contributed by atoms with Gasteiger partial charge in [0.25, 0.3) is 0 Å². The van der Waals surface area contributed by atoms with Crippen molar-refractivity contribution in [1.82, 2.24) is 34.2 Å². The topological polar surface area (TPSA) is 65.9 Å². The first kappa shape index (κ1) is 17.4. The van der Waals surface area contributed by atoms with E-state index in [0.717, 1.165) is 25.3 Å². The van der Waals surface area contributed by atoms with Crippen molar-refractivity contribution in [1.29, 1.82) is 0 Å². The SMILES string of the molecule is COCCN(Cc1cnn(C)c1)Cc1cc(C)n(-n2cnnc2)c1C. The van der Waals surface area contributed by atoms with Crippen LogP contribution < -0.4 is 0 Å². The Hall–Kier alpha value is -2.45. The average Bonchev–Trinajstić information content (AvgIpc) is 3.28. The van der Waals surface area contributed by atoms with Crippen molar-refractivity contribution in [2.45, 2.75) is 26.9 Å². The molecule has 0 N–H and O–H groups in total. The smallest absolute Gasteiger partial charge is 0.139 e. The molecule has 3 aromatic rings. The second kappa shape index (κ2) is 7.62. The number of aromatic nitrogens is 6. The maximum atomic E-state index is 5.28. The summed E-state index contributed by atoms with van der Waals surface area (Å²) in [5.74, 6) is 0. The van der Waals surface area contributed by atoms with Crippen LogP contribution in [0.3, 0.4) is 0 Å². The lowest BCUT2D eigenvalue weighted by Gasteiger charge is -2.21. The number of hydrogen-bond donors (Lipinski definition) is 0. The second-order valence-electron chi connectivity index (χ2n) is 6.28. The van der Waals surface area contributed by atoms with E-state index in [1.165, 1.54) is 16.8 Å². The highest BCUT2D eigenvalue weighted by Crippen LogP contribution is 2.18. The van der Waals surface area contributed by atoms with E-state index in [4.69, 9.17) is 4.74 Å². The Balaban J connectivity index is 1.80. The molecule has 0 aliphatic heterocycles. The van der Waals surface area contributed by atoms with Crippen molar-refractivity contribution in [3.63, 3.8) is 0 Å². The molecule has 8 nitrogen and oxygen atoms in total. The highest BCUT2D eigenvalue weighted by atomic mass is 16.5. The van der Waals surface area contributed by atoms with Crippen molar-refractivity contribution < 1.29 is 4.74 Å². The second-order valence-corrected chi connectivity index (χ2v) is 6.28. The van der Waals surface area contributed by atoms with Crippen LogP contribution in [0.2, 0.25) is 0 Å². The molecule has 0 spiro atoms. The van der Waals surface area contributed by atoms with Gasteiger partial charge in [-0.2, -0.15) is 5.10 Å². The summed E-state index contributed by atoms with van der Waals surface area (Å²) in [7, 11) is 3.68. The van der Waals surface area contributed by atoms with Crippen molar-refractivity contribution in [3.8, 4) is 0 Å². The molecule has 0 saturated heterocycles. The summed E-state index contributed by atoms with van der Waals surface area (Å²) in [4.78, 5) is 2.37. The Kier molecular flexibility index (Phi) is 5.30. The zero-order valence-corrected chi connectivity index (χ0v) is 15.3. The summed E-state index contributed by atoms with van der Waals surface area (Å²) in [6, 6.07) is 2.22. The van der Waals surface area contributed by atoms with Crippen LogP contribution >= 0.6 is 0 Å². The number of methoxy groups -OCH3 is 1. The van der Waals surface area contributed by atoms with E-state index in [1.807, 2.05) is 22.6 Å². The van der Waals surface area contributed by atoms with E-state index in [2.05, 4.69) is 51.0 Å². The maximum Gasteiger partial charge on any atom is 0.139 e. The van der Waals surface area contributed by atoms with Crippen molar-refractivity contribution in [2.75, 3.05) is 20.3 Å². The third-order valence-corrected chi connectivity index (χ3v) is 4.31. The Morgan fingerprint density at radius 1 is 1.16 bits per heavy atom. The van der Waals surface area contributed by atoms with Gasteiger partial charge in [0.2, 0.25) is 0 Å². The summed E-state index contributed by atoms with van der Waals surface area (Å²) in [6.07, 6.45) is 7.39. The van der Waals surface area contributed by atoms with Crippen molar-refractivity contribution in [2.24, 2.45) is 7.05 Å². The van der Waals surface area contributed by atoms with Crippen LogP contribution in [0.1, 0.15) is 22.5 Å². The standard InChI is InChI=1S/C17H25N7O/c1-14-7-17(15(2)24(14)23-12-18-19-13-23)11-22(5-6-25-4)10-16-8-20-21(3)9-16/h7-9,12-13H,5-6,10-11H2,1-4H3. The highest BCUT2D eigenvalue weighted by Gasteiger charge is 2.15. The average molecular weight is 343 g/mol. The fourth-order valence-electron chi connectivity index (χ4n) is 3.12. The number of aryl methyl sites for hydroxylation is 2. The number of ether oxygens (including phenoxy) is 1. The lowest BCUT2D eigenvalue weighted by molar-refractivity contribution is 0.140. The predicted molar refractivity (Wildman–Crippen MR) is 93.9 cm³/mol. The van der Waals surface area contributed by atoms with Crippen molar-refractivity contribution >= 4 is 0 Å². The molecule has 0 aromatic carbocycles. The molecule has 0 radical (unpaired) electrons. The summed E-state index contributed by atoms with van der Waals surface area (Å²) < 4.78 is 11.1. The van der Waals surface area contributed by atoms with Crippen LogP contribution in [0.25, 0.3) is 0 Å². The summed E-state index contributed by atoms with van der Waals surface area (Å²) in [5, 5.41) is 12.1. The van der Waals surface area contributed by atoms with E-state index in [0.29, 0.717) is 6.61 Å². The van der Waals surface area contributed by atoms with Gasteiger partial charge in [0.05, 0.1) is 12.8 Å². The molecule has 134 valence electrons. The van der Waals surface area contributed by atoms with Crippen LogP contribution in [-0.2, 0) is 24.9 Å². The lowest BCUT2D eigenvalue weighted by atomic mass is 10.2. The largest absolute Gasteiger partial charge is 0.383 e. The minimum atomic E-state index is 0.699. The van der Waals surface area contributed by atoms with E-state index >= 15 is 0 Å². The Labute approximate surface area is 147 Å². The molecule has 3 aromatic heterocycles. The highest BCUT2D eigenvalue weighted by molar-refractivity contribution is 5.27. The summed E-state index contributed by atoms with van der Waals surface area (Å²) >= 11 is 0. The summed E-state index contributed by atoms with van der Waals surface area (Å²) in [6.45, 7) is 7.47. The van der Waals surface area contributed by atoms with Gasteiger partial charge in [-0.3, -0.25) is 14.3 Å². The Bertz CT molecular complexity index is 803. The number of rotatable bonds is 8. The van der Waals surface area contributed by atoms with Crippen LogP contribution in [-0.4, -0.2) is 54.5 Å². The molecule has 25 heavy (non-hydrogen) atoms. The number of nitrogens with zero attached hydrogens (tertiary/aromatic N) is 7. The molecular weight excluding hydrogens is 318 g/mol. The molecule has 0 atom stereocenters. The Morgan fingerprint density at radius 2 is 1.92 bits per heavy atom. The van der Waals surface area contributed by atoms with Gasteiger partial charge >= 0.3 is 0 Å². The molecule has 8 heteroatoms. The molecule has 3 rings (SSSR count).